The first-order valence-electron chi connectivity index (χ1n) is 5.90. The molecule has 17 heavy (non-hydrogen) atoms. The third-order valence-electron chi connectivity index (χ3n) is 3.69. The van der Waals surface area contributed by atoms with Crippen LogP contribution < -0.4 is 5.32 Å². The molecule has 6 heteroatoms. The fourth-order valence-electron chi connectivity index (χ4n) is 2.26. The highest BCUT2D eigenvalue weighted by molar-refractivity contribution is 5.74. The summed E-state index contributed by atoms with van der Waals surface area (Å²) in [5.74, 6) is -0.717. The molecule has 0 aromatic rings. The number of hydrogen-bond donors (Lipinski definition) is 2. The molecule has 0 saturated carbocycles. The standard InChI is InChI=1S/C11H18N2O4/c1-11(9(14)15)2-4-13(5-3-11)7-8-6-12-10(16)17-8/h8H,2-7H2,1H3,(H,12,16)(H,14,15). The van der Waals surface area contributed by atoms with E-state index in [9.17, 15) is 9.59 Å². The summed E-state index contributed by atoms with van der Waals surface area (Å²) in [6, 6.07) is 0. The molecular weight excluding hydrogens is 224 g/mol. The fraction of sp³-hybridized carbons (Fsp3) is 0.818. The van der Waals surface area contributed by atoms with E-state index in [1.807, 2.05) is 0 Å². The van der Waals surface area contributed by atoms with Gasteiger partial charge in [-0.05, 0) is 32.9 Å². The molecule has 2 aliphatic rings. The van der Waals surface area contributed by atoms with Gasteiger partial charge in [-0.15, -0.1) is 0 Å². The second kappa shape index (κ2) is 4.52. The number of ether oxygens (including phenoxy) is 1. The molecule has 6 nitrogen and oxygen atoms in total. The number of cyclic esters (lactones) is 1. The first-order valence-corrected chi connectivity index (χ1v) is 5.90. The lowest BCUT2D eigenvalue weighted by molar-refractivity contribution is -0.150. The number of amides is 1. The van der Waals surface area contributed by atoms with Crippen molar-refractivity contribution in [1.82, 2.24) is 10.2 Å². The minimum absolute atomic E-state index is 0.100. The molecule has 1 atom stereocenters. The maximum Gasteiger partial charge on any atom is 0.407 e. The summed E-state index contributed by atoms with van der Waals surface area (Å²) in [6.45, 7) is 4.53. The maximum absolute atomic E-state index is 11.1. The Morgan fingerprint density at radius 3 is 2.71 bits per heavy atom. The molecule has 1 amide bonds. The average Bonchev–Trinajstić information content (AvgIpc) is 2.67. The zero-order valence-corrected chi connectivity index (χ0v) is 9.94. The molecular formula is C11H18N2O4. The van der Waals surface area contributed by atoms with E-state index in [-0.39, 0.29) is 12.2 Å². The second-order valence-corrected chi connectivity index (χ2v) is 5.07. The number of carbonyl (C=O) groups excluding carboxylic acids is 1. The van der Waals surface area contributed by atoms with E-state index in [4.69, 9.17) is 9.84 Å². The van der Waals surface area contributed by atoms with Crippen LogP contribution in [0.25, 0.3) is 0 Å². The highest BCUT2D eigenvalue weighted by Crippen LogP contribution is 2.31. The van der Waals surface area contributed by atoms with Gasteiger partial charge in [0.2, 0.25) is 0 Å². The SMILES string of the molecule is CC1(C(=O)O)CCN(CC2CNC(=O)O2)CC1. The number of alkyl carbamates (subject to hydrolysis) is 1. The van der Waals surface area contributed by atoms with Gasteiger partial charge in [0.25, 0.3) is 0 Å². The monoisotopic (exact) mass is 242 g/mol. The highest BCUT2D eigenvalue weighted by atomic mass is 16.6. The van der Waals surface area contributed by atoms with Gasteiger partial charge in [-0.1, -0.05) is 0 Å². The number of nitrogens with zero attached hydrogens (tertiary/aromatic N) is 1. The Balaban J connectivity index is 1.79. The van der Waals surface area contributed by atoms with Crippen molar-refractivity contribution in [3.8, 4) is 0 Å². The molecule has 2 rings (SSSR count). The Kier molecular flexibility index (Phi) is 3.24. The minimum Gasteiger partial charge on any atom is -0.481 e. The summed E-state index contributed by atoms with van der Waals surface area (Å²) >= 11 is 0. The zero-order valence-electron chi connectivity index (χ0n) is 9.94. The largest absolute Gasteiger partial charge is 0.481 e. The van der Waals surface area contributed by atoms with Crippen molar-refractivity contribution in [3.05, 3.63) is 0 Å². The van der Waals surface area contributed by atoms with Crippen LogP contribution in [0.1, 0.15) is 19.8 Å². The van der Waals surface area contributed by atoms with E-state index in [2.05, 4.69) is 10.2 Å². The minimum atomic E-state index is -0.717. The van der Waals surface area contributed by atoms with Crippen molar-refractivity contribution in [2.24, 2.45) is 5.41 Å². The van der Waals surface area contributed by atoms with E-state index in [0.717, 1.165) is 13.1 Å². The van der Waals surface area contributed by atoms with Gasteiger partial charge < -0.3 is 15.2 Å². The van der Waals surface area contributed by atoms with Gasteiger partial charge in [0.1, 0.15) is 6.10 Å². The third-order valence-corrected chi connectivity index (χ3v) is 3.69. The molecule has 0 spiro atoms. The van der Waals surface area contributed by atoms with Crippen molar-refractivity contribution in [3.63, 3.8) is 0 Å². The number of carboxylic acid groups (broad SMARTS) is 1. The lowest BCUT2D eigenvalue weighted by atomic mass is 9.80. The molecule has 0 radical (unpaired) electrons. The summed E-state index contributed by atoms with van der Waals surface area (Å²) in [4.78, 5) is 24.1. The molecule has 0 aromatic carbocycles. The number of carbonyl (C=O) groups is 2. The van der Waals surface area contributed by atoms with E-state index in [1.165, 1.54) is 0 Å². The van der Waals surface area contributed by atoms with Crippen LogP contribution in [-0.4, -0.2) is 54.4 Å². The predicted molar refractivity (Wildman–Crippen MR) is 59.7 cm³/mol. The number of piperidine rings is 1. The Labute approximate surface area is 99.9 Å². The van der Waals surface area contributed by atoms with E-state index in [0.29, 0.717) is 25.9 Å². The summed E-state index contributed by atoms with van der Waals surface area (Å²) in [7, 11) is 0. The summed E-state index contributed by atoms with van der Waals surface area (Å²) < 4.78 is 5.06. The smallest absolute Gasteiger partial charge is 0.407 e. The third kappa shape index (κ3) is 2.69. The number of rotatable bonds is 3. The van der Waals surface area contributed by atoms with Crippen LogP contribution in [-0.2, 0) is 9.53 Å². The zero-order chi connectivity index (χ0) is 12.5. The fourth-order valence-corrected chi connectivity index (χ4v) is 2.26. The molecule has 0 aromatic heterocycles. The Morgan fingerprint density at radius 1 is 1.59 bits per heavy atom. The second-order valence-electron chi connectivity index (χ2n) is 5.07. The van der Waals surface area contributed by atoms with Crippen LogP contribution in [0.15, 0.2) is 0 Å². The quantitative estimate of drug-likeness (QED) is 0.743. The number of nitrogens with one attached hydrogen (secondary N) is 1. The number of hydrogen-bond acceptors (Lipinski definition) is 4. The Hall–Kier alpha value is -1.30. The van der Waals surface area contributed by atoms with Crippen LogP contribution in [0, 0.1) is 5.41 Å². The van der Waals surface area contributed by atoms with Gasteiger partial charge in [0.15, 0.2) is 0 Å². The lowest BCUT2D eigenvalue weighted by Crippen LogP contribution is -2.45. The van der Waals surface area contributed by atoms with Gasteiger partial charge in [-0.25, -0.2) is 4.79 Å². The van der Waals surface area contributed by atoms with E-state index >= 15 is 0 Å². The van der Waals surface area contributed by atoms with E-state index in [1.54, 1.807) is 6.92 Å². The number of aliphatic carboxylic acids is 1. The Morgan fingerprint density at radius 2 is 2.24 bits per heavy atom. The van der Waals surface area contributed by atoms with Crippen LogP contribution in [0.3, 0.4) is 0 Å². The van der Waals surface area contributed by atoms with Gasteiger partial charge in [0.05, 0.1) is 12.0 Å². The molecule has 96 valence electrons. The summed E-state index contributed by atoms with van der Waals surface area (Å²) in [5.41, 5.74) is -0.596. The van der Waals surface area contributed by atoms with Crippen molar-refractivity contribution < 1.29 is 19.4 Å². The Bertz CT molecular complexity index is 323. The summed E-state index contributed by atoms with van der Waals surface area (Å²) in [6.07, 6.45) is 0.839. The first-order chi connectivity index (χ1) is 7.99. The summed E-state index contributed by atoms with van der Waals surface area (Å²) in [5, 5.41) is 11.7. The first kappa shape index (κ1) is 12.2. The van der Waals surface area contributed by atoms with Crippen LogP contribution in [0.2, 0.25) is 0 Å². The van der Waals surface area contributed by atoms with Gasteiger partial charge in [-0.3, -0.25) is 9.69 Å². The van der Waals surface area contributed by atoms with Crippen molar-refractivity contribution >= 4 is 12.1 Å². The van der Waals surface area contributed by atoms with Crippen molar-refractivity contribution in [2.45, 2.75) is 25.9 Å². The van der Waals surface area contributed by atoms with Crippen molar-refractivity contribution in [2.75, 3.05) is 26.2 Å². The van der Waals surface area contributed by atoms with Gasteiger partial charge >= 0.3 is 12.1 Å². The number of carboxylic acids is 1. The molecule has 2 fully saturated rings. The molecule has 2 N–H and O–H groups in total. The van der Waals surface area contributed by atoms with Crippen LogP contribution in [0.4, 0.5) is 4.79 Å². The van der Waals surface area contributed by atoms with Gasteiger partial charge in [0, 0.05) is 6.54 Å². The van der Waals surface area contributed by atoms with Gasteiger partial charge in [-0.2, -0.15) is 0 Å². The molecule has 2 heterocycles. The average molecular weight is 242 g/mol. The van der Waals surface area contributed by atoms with E-state index < -0.39 is 11.4 Å². The topological polar surface area (TPSA) is 78.9 Å². The van der Waals surface area contributed by atoms with Crippen LogP contribution in [0.5, 0.6) is 0 Å². The molecule has 2 aliphatic heterocycles. The lowest BCUT2D eigenvalue weighted by Gasteiger charge is -2.36. The number of likely N-dealkylation sites (tertiary alicyclic amines) is 1. The highest BCUT2D eigenvalue weighted by Gasteiger charge is 2.37. The normalized spacial score (nSPS) is 28.5. The molecule has 0 aliphatic carbocycles. The van der Waals surface area contributed by atoms with Crippen LogP contribution >= 0.6 is 0 Å². The maximum atomic E-state index is 11.1. The molecule has 0 bridgehead atoms. The molecule has 2 saturated heterocycles. The predicted octanol–water partition coefficient (Wildman–Crippen LogP) is 0.281. The molecule has 1 unspecified atom stereocenters. The van der Waals surface area contributed by atoms with Crippen molar-refractivity contribution in [1.29, 1.82) is 0 Å².